The van der Waals surface area contributed by atoms with Crippen LogP contribution in [0.5, 0.6) is 0 Å². The standard InChI is InChI=1S/C26H28OSi/c1-28(2,3)26(19-21-13-7-4-8-14-21)24(22-15-9-5-10-16-22)20-25(27)23-17-11-6-12-18-23/h4-19,24H,20H2,1-3H3/b26-19-. The van der Waals surface area contributed by atoms with Gasteiger partial charge in [0.1, 0.15) is 0 Å². The normalized spacial score (nSPS) is 13.2. The predicted octanol–water partition coefficient (Wildman–Crippen LogP) is 7.00. The van der Waals surface area contributed by atoms with Crippen LogP contribution in [-0.4, -0.2) is 13.9 Å². The van der Waals surface area contributed by atoms with Gasteiger partial charge in [-0.15, -0.1) is 0 Å². The number of rotatable bonds is 7. The first kappa shape index (κ1) is 20.0. The molecule has 0 bridgehead atoms. The van der Waals surface area contributed by atoms with Crippen molar-refractivity contribution in [1.29, 1.82) is 0 Å². The van der Waals surface area contributed by atoms with Crippen molar-refractivity contribution in [2.45, 2.75) is 32.0 Å². The molecule has 0 aliphatic rings. The first-order valence-corrected chi connectivity index (χ1v) is 13.4. The van der Waals surface area contributed by atoms with E-state index in [1.807, 2.05) is 42.5 Å². The number of benzene rings is 3. The molecule has 0 spiro atoms. The fraction of sp³-hybridized carbons (Fsp3) is 0.192. The van der Waals surface area contributed by atoms with E-state index in [4.69, 9.17) is 0 Å². The number of hydrogen-bond donors (Lipinski definition) is 0. The summed E-state index contributed by atoms with van der Waals surface area (Å²) in [5.41, 5.74) is 3.21. The smallest absolute Gasteiger partial charge is 0.163 e. The molecule has 3 aromatic carbocycles. The van der Waals surface area contributed by atoms with Crippen molar-refractivity contribution < 1.29 is 4.79 Å². The molecule has 0 saturated heterocycles. The Bertz CT molecular complexity index is 922. The molecule has 28 heavy (non-hydrogen) atoms. The molecule has 0 amide bonds. The van der Waals surface area contributed by atoms with Gasteiger partial charge in [-0.3, -0.25) is 4.79 Å². The maximum atomic E-state index is 13.1. The van der Waals surface area contributed by atoms with Crippen molar-refractivity contribution in [2.24, 2.45) is 0 Å². The molecule has 3 aromatic rings. The van der Waals surface area contributed by atoms with Gasteiger partial charge >= 0.3 is 0 Å². The quantitative estimate of drug-likeness (QED) is 0.316. The van der Waals surface area contributed by atoms with E-state index in [0.29, 0.717) is 6.42 Å². The summed E-state index contributed by atoms with van der Waals surface area (Å²) in [6, 6.07) is 30.6. The number of carbonyl (C=O) groups excluding carboxylic acids is 1. The van der Waals surface area contributed by atoms with Crippen LogP contribution in [0.3, 0.4) is 0 Å². The monoisotopic (exact) mass is 384 g/mol. The maximum absolute atomic E-state index is 13.1. The summed E-state index contributed by atoms with van der Waals surface area (Å²) in [4.78, 5) is 13.1. The Balaban J connectivity index is 2.05. The fourth-order valence-corrected chi connectivity index (χ4v) is 5.50. The molecule has 1 atom stereocenters. The van der Waals surface area contributed by atoms with E-state index in [0.717, 1.165) is 5.56 Å². The lowest BCUT2D eigenvalue weighted by atomic mass is 9.90. The van der Waals surface area contributed by atoms with E-state index in [1.165, 1.54) is 16.3 Å². The largest absolute Gasteiger partial charge is 0.294 e. The summed E-state index contributed by atoms with van der Waals surface area (Å²) in [6.45, 7) is 7.10. The van der Waals surface area contributed by atoms with Crippen molar-refractivity contribution in [3.63, 3.8) is 0 Å². The Kier molecular flexibility index (Phi) is 6.43. The average molecular weight is 385 g/mol. The SMILES string of the molecule is C[Si](C)(C)/C(=C\c1ccccc1)C(CC(=O)c1ccccc1)c1ccccc1. The molecular formula is C26H28OSi. The molecule has 2 heteroatoms. The highest BCUT2D eigenvalue weighted by Gasteiger charge is 2.30. The molecule has 0 aliphatic carbocycles. The van der Waals surface area contributed by atoms with Crippen molar-refractivity contribution in [2.75, 3.05) is 0 Å². The van der Waals surface area contributed by atoms with Crippen LogP contribution in [0, 0.1) is 0 Å². The Labute approximate surface area is 169 Å². The fourth-order valence-electron chi connectivity index (χ4n) is 3.59. The van der Waals surface area contributed by atoms with Crippen molar-refractivity contribution >= 4 is 19.9 Å². The number of carbonyl (C=O) groups is 1. The molecule has 142 valence electrons. The van der Waals surface area contributed by atoms with Gasteiger partial charge in [-0.2, -0.15) is 0 Å². The lowest BCUT2D eigenvalue weighted by Gasteiger charge is -2.30. The average Bonchev–Trinajstić information content (AvgIpc) is 2.72. The minimum Gasteiger partial charge on any atom is -0.294 e. The van der Waals surface area contributed by atoms with Gasteiger partial charge < -0.3 is 0 Å². The lowest BCUT2D eigenvalue weighted by molar-refractivity contribution is 0.0978. The van der Waals surface area contributed by atoms with Crippen LogP contribution in [0.1, 0.15) is 33.8 Å². The molecule has 0 saturated carbocycles. The Morgan fingerprint density at radius 2 is 1.29 bits per heavy atom. The van der Waals surface area contributed by atoms with E-state index >= 15 is 0 Å². The van der Waals surface area contributed by atoms with Crippen molar-refractivity contribution in [3.05, 3.63) is 113 Å². The molecule has 0 aromatic heterocycles. The van der Waals surface area contributed by atoms with Gasteiger partial charge in [-0.05, 0) is 11.1 Å². The number of allylic oxidation sites excluding steroid dienone is 1. The Hall–Kier alpha value is -2.71. The van der Waals surface area contributed by atoms with Crippen LogP contribution in [0.2, 0.25) is 19.6 Å². The highest BCUT2D eigenvalue weighted by Crippen LogP contribution is 2.36. The molecular weight excluding hydrogens is 356 g/mol. The molecule has 0 heterocycles. The second-order valence-electron chi connectivity index (χ2n) is 8.22. The third kappa shape index (κ3) is 5.17. The van der Waals surface area contributed by atoms with Crippen LogP contribution < -0.4 is 0 Å². The van der Waals surface area contributed by atoms with Gasteiger partial charge in [0.25, 0.3) is 0 Å². The Morgan fingerprint density at radius 1 is 0.786 bits per heavy atom. The minimum absolute atomic E-state index is 0.0979. The highest BCUT2D eigenvalue weighted by molar-refractivity contribution is 6.84. The Morgan fingerprint density at radius 3 is 1.82 bits per heavy atom. The van der Waals surface area contributed by atoms with Crippen LogP contribution >= 0.6 is 0 Å². The van der Waals surface area contributed by atoms with Gasteiger partial charge in [0, 0.05) is 17.9 Å². The number of Topliss-reactive ketones (excluding diaryl/α,β-unsaturated/α-hetero) is 1. The number of ketones is 1. The van der Waals surface area contributed by atoms with Gasteiger partial charge in [-0.25, -0.2) is 0 Å². The van der Waals surface area contributed by atoms with Crippen LogP contribution in [-0.2, 0) is 0 Å². The van der Waals surface area contributed by atoms with Gasteiger partial charge in [0.05, 0.1) is 8.07 Å². The summed E-state index contributed by atoms with van der Waals surface area (Å²) in [7, 11) is -1.67. The molecule has 0 N–H and O–H groups in total. The summed E-state index contributed by atoms with van der Waals surface area (Å²) in [6.07, 6.45) is 2.82. The third-order valence-electron chi connectivity index (χ3n) is 5.05. The highest BCUT2D eigenvalue weighted by atomic mass is 28.3. The van der Waals surface area contributed by atoms with E-state index in [-0.39, 0.29) is 11.7 Å². The van der Waals surface area contributed by atoms with Gasteiger partial charge in [0.2, 0.25) is 0 Å². The predicted molar refractivity (Wildman–Crippen MR) is 122 cm³/mol. The maximum Gasteiger partial charge on any atom is 0.163 e. The summed E-state index contributed by atoms with van der Waals surface area (Å²) in [5, 5.41) is 1.41. The minimum atomic E-state index is -1.67. The lowest BCUT2D eigenvalue weighted by Crippen LogP contribution is -2.29. The van der Waals surface area contributed by atoms with Crippen LogP contribution in [0.4, 0.5) is 0 Å². The van der Waals surface area contributed by atoms with Crippen LogP contribution in [0.25, 0.3) is 6.08 Å². The zero-order valence-electron chi connectivity index (χ0n) is 16.9. The zero-order chi connectivity index (χ0) is 20.0. The molecule has 1 unspecified atom stereocenters. The first-order chi connectivity index (χ1) is 13.4. The molecule has 0 aliphatic heterocycles. The molecule has 3 rings (SSSR count). The summed E-state index contributed by atoms with van der Waals surface area (Å²) in [5.74, 6) is 0.299. The topological polar surface area (TPSA) is 17.1 Å². The van der Waals surface area contributed by atoms with E-state index in [1.54, 1.807) is 0 Å². The first-order valence-electron chi connectivity index (χ1n) is 9.85. The van der Waals surface area contributed by atoms with Gasteiger partial charge in [-0.1, -0.05) is 122 Å². The molecule has 0 fully saturated rings. The van der Waals surface area contributed by atoms with E-state index < -0.39 is 8.07 Å². The molecule has 0 radical (unpaired) electrons. The zero-order valence-corrected chi connectivity index (χ0v) is 17.9. The van der Waals surface area contributed by atoms with E-state index in [2.05, 4.69) is 74.2 Å². The van der Waals surface area contributed by atoms with Crippen molar-refractivity contribution in [3.8, 4) is 0 Å². The molecule has 1 nitrogen and oxygen atoms in total. The van der Waals surface area contributed by atoms with Crippen LogP contribution in [0.15, 0.2) is 96.2 Å². The third-order valence-corrected chi connectivity index (χ3v) is 7.28. The van der Waals surface area contributed by atoms with E-state index in [9.17, 15) is 4.79 Å². The summed E-state index contributed by atoms with van der Waals surface area (Å²) < 4.78 is 0. The second-order valence-corrected chi connectivity index (χ2v) is 13.3. The van der Waals surface area contributed by atoms with Gasteiger partial charge in [0.15, 0.2) is 5.78 Å². The summed E-state index contributed by atoms with van der Waals surface area (Å²) >= 11 is 0. The number of hydrogen-bond acceptors (Lipinski definition) is 1. The van der Waals surface area contributed by atoms with Crippen molar-refractivity contribution in [1.82, 2.24) is 0 Å². The second kappa shape index (κ2) is 8.98.